The third-order valence-electron chi connectivity index (χ3n) is 3.41. The summed E-state index contributed by atoms with van der Waals surface area (Å²) >= 11 is 0. The van der Waals surface area contributed by atoms with Gasteiger partial charge in [-0.05, 0) is 12.5 Å². The Labute approximate surface area is 133 Å². The van der Waals surface area contributed by atoms with Crippen LogP contribution in [-0.2, 0) is 0 Å². The van der Waals surface area contributed by atoms with Gasteiger partial charge in [0.05, 0.1) is 6.04 Å². The maximum atomic E-state index is 13.9. The van der Waals surface area contributed by atoms with Crippen molar-refractivity contribution in [3.8, 4) is 0 Å². The van der Waals surface area contributed by atoms with Crippen LogP contribution < -0.4 is 5.32 Å². The molecule has 1 aromatic carbocycles. The normalized spacial score (nSPS) is 17.0. The molecule has 1 aliphatic rings. The number of hydrogen-bond donors (Lipinski definition) is 1. The van der Waals surface area contributed by atoms with Gasteiger partial charge in [0, 0.05) is 31.7 Å². The van der Waals surface area contributed by atoms with Gasteiger partial charge in [-0.1, -0.05) is 12.1 Å². The van der Waals surface area contributed by atoms with E-state index in [-0.39, 0.29) is 35.9 Å². The highest BCUT2D eigenvalue weighted by Crippen LogP contribution is 2.31. The van der Waals surface area contributed by atoms with Gasteiger partial charge >= 0.3 is 0 Å². The molecule has 2 rings (SSSR count). The van der Waals surface area contributed by atoms with E-state index in [1.165, 1.54) is 24.0 Å². The Morgan fingerprint density at radius 2 is 1.62 bits per heavy atom. The van der Waals surface area contributed by atoms with Crippen LogP contribution in [0, 0.1) is 18.6 Å². The van der Waals surface area contributed by atoms with Crippen molar-refractivity contribution in [2.75, 3.05) is 26.2 Å². The van der Waals surface area contributed by atoms with Gasteiger partial charge in [0.1, 0.15) is 0 Å². The molecule has 1 fully saturated rings. The van der Waals surface area contributed by atoms with E-state index in [1.54, 1.807) is 0 Å². The van der Waals surface area contributed by atoms with Gasteiger partial charge in [-0.25, -0.2) is 17.6 Å². The summed E-state index contributed by atoms with van der Waals surface area (Å²) in [6.07, 6.45) is -2.75. The Hall–Kier alpha value is -0.560. The van der Waals surface area contributed by atoms with E-state index in [0.29, 0.717) is 26.2 Å². The maximum Gasteiger partial charge on any atom is 0.258 e. The number of hydrogen-bond acceptors (Lipinski definition) is 2. The highest BCUT2D eigenvalue weighted by Gasteiger charge is 2.33. The number of aryl methyl sites for hydroxylation is 1. The maximum absolute atomic E-state index is 13.9. The van der Waals surface area contributed by atoms with Crippen molar-refractivity contribution in [3.05, 3.63) is 34.9 Å². The van der Waals surface area contributed by atoms with Crippen LogP contribution in [0.3, 0.4) is 0 Å². The molecule has 1 aromatic rings. The van der Waals surface area contributed by atoms with Crippen molar-refractivity contribution < 1.29 is 17.6 Å². The summed E-state index contributed by atoms with van der Waals surface area (Å²) in [5.41, 5.74) is -0.144. The summed E-state index contributed by atoms with van der Waals surface area (Å²) in [6.45, 7) is 3.33. The fourth-order valence-corrected chi connectivity index (χ4v) is 2.34. The summed E-state index contributed by atoms with van der Waals surface area (Å²) in [6, 6.07) is 1.20. The van der Waals surface area contributed by atoms with E-state index < -0.39 is 24.1 Å². The standard InChI is InChI=1S/C13H16F4N2.2ClH/c1-8-2-3-9(11(15)10(8)14)12(13(16)17)19-6-4-18-5-7-19;;/h2-3,12-13,18H,4-7H2,1H3;2*1H/t12-;;/m1../s1. The van der Waals surface area contributed by atoms with E-state index in [2.05, 4.69) is 5.32 Å². The van der Waals surface area contributed by atoms with Gasteiger partial charge in [-0.15, -0.1) is 24.8 Å². The lowest BCUT2D eigenvalue weighted by atomic mass is 10.0. The third kappa shape index (κ3) is 4.45. The molecule has 1 heterocycles. The topological polar surface area (TPSA) is 15.3 Å². The monoisotopic (exact) mass is 348 g/mol. The lowest BCUT2D eigenvalue weighted by molar-refractivity contribution is 0.0161. The van der Waals surface area contributed by atoms with E-state index in [4.69, 9.17) is 0 Å². The summed E-state index contributed by atoms with van der Waals surface area (Å²) in [5.74, 6) is -2.21. The van der Waals surface area contributed by atoms with Crippen LogP contribution in [0.1, 0.15) is 17.2 Å². The fourth-order valence-electron chi connectivity index (χ4n) is 2.34. The highest BCUT2D eigenvalue weighted by atomic mass is 35.5. The van der Waals surface area contributed by atoms with Gasteiger partial charge in [0.25, 0.3) is 6.43 Å². The molecule has 0 radical (unpaired) electrons. The molecule has 1 atom stereocenters. The molecule has 0 spiro atoms. The van der Waals surface area contributed by atoms with Crippen molar-refractivity contribution in [3.63, 3.8) is 0 Å². The van der Waals surface area contributed by atoms with Crippen LogP contribution in [0.15, 0.2) is 12.1 Å². The molecule has 0 amide bonds. The predicted molar refractivity (Wildman–Crippen MR) is 78.8 cm³/mol. The minimum Gasteiger partial charge on any atom is -0.314 e. The molecule has 1 aliphatic heterocycles. The molecule has 0 aromatic heterocycles. The van der Waals surface area contributed by atoms with Crippen molar-refractivity contribution >= 4 is 24.8 Å². The van der Waals surface area contributed by atoms with Crippen molar-refractivity contribution in [1.82, 2.24) is 10.2 Å². The van der Waals surface area contributed by atoms with E-state index in [0.717, 1.165) is 0 Å². The molecule has 2 nitrogen and oxygen atoms in total. The van der Waals surface area contributed by atoms with Crippen molar-refractivity contribution in [2.45, 2.75) is 19.4 Å². The Balaban J connectivity index is 0.00000200. The zero-order valence-electron chi connectivity index (χ0n) is 11.4. The average Bonchev–Trinajstić information content (AvgIpc) is 2.40. The quantitative estimate of drug-likeness (QED) is 0.843. The molecule has 0 saturated carbocycles. The SMILES string of the molecule is Cc1ccc([C@H](C(F)F)N2CCNCC2)c(F)c1F.Cl.Cl. The van der Waals surface area contributed by atoms with Crippen LogP contribution in [0.25, 0.3) is 0 Å². The second-order valence-corrected chi connectivity index (χ2v) is 4.66. The van der Waals surface area contributed by atoms with E-state index >= 15 is 0 Å². The number of rotatable bonds is 3. The number of nitrogens with zero attached hydrogens (tertiary/aromatic N) is 1. The van der Waals surface area contributed by atoms with Crippen LogP contribution in [0.2, 0.25) is 0 Å². The van der Waals surface area contributed by atoms with Gasteiger partial charge in [-0.2, -0.15) is 0 Å². The first-order valence-electron chi connectivity index (χ1n) is 6.19. The summed E-state index contributed by atoms with van der Waals surface area (Å²) < 4.78 is 53.9. The smallest absolute Gasteiger partial charge is 0.258 e. The van der Waals surface area contributed by atoms with Gasteiger partial charge in [0.15, 0.2) is 11.6 Å². The van der Waals surface area contributed by atoms with E-state index in [1.807, 2.05) is 0 Å². The largest absolute Gasteiger partial charge is 0.314 e. The first-order chi connectivity index (χ1) is 9.02. The number of halogens is 6. The van der Waals surface area contributed by atoms with Crippen molar-refractivity contribution in [1.29, 1.82) is 0 Å². The molecule has 8 heteroatoms. The number of benzene rings is 1. The summed E-state index contributed by atoms with van der Waals surface area (Å²) in [4.78, 5) is 1.49. The second-order valence-electron chi connectivity index (χ2n) is 4.66. The minimum absolute atomic E-state index is 0. The van der Waals surface area contributed by atoms with Crippen LogP contribution in [0.5, 0.6) is 0 Å². The summed E-state index contributed by atoms with van der Waals surface area (Å²) in [7, 11) is 0. The van der Waals surface area contributed by atoms with Gasteiger partial charge in [0.2, 0.25) is 0 Å². The summed E-state index contributed by atoms with van der Waals surface area (Å²) in [5, 5.41) is 3.04. The molecular formula is C13H18Cl2F4N2. The Morgan fingerprint density at radius 1 is 1.05 bits per heavy atom. The minimum atomic E-state index is -2.75. The van der Waals surface area contributed by atoms with Crippen LogP contribution in [-0.4, -0.2) is 37.5 Å². The molecule has 122 valence electrons. The fraction of sp³-hybridized carbons (Fsp3) is 0.538. The van der Waals surface area contributed by atoms with Crippen LogP contribution in [0.4, 0.5) is 17.6 Å². The van der Waals surface area contributed by atoms with Gasteiger partial charge in [-0.3, -0.25) is 4.90 Å². The molecule has 0 aliphatic carbocycles. The van der Waals surface area contributed by atoms with Gasteiger partial charge < -0.3 is 5.32 Å². The molecule has 1 N–H and O–H groups in total. The third-order valence-corrected chi connectivity index (χ3v) is 3.41. The van der Waals surface area contributed by atoms with Crippen molar-refractivity contribution in [2.24, 2.45) is 0 Å². The lowest BCUT2D eigenvalue weighted by Crippen LogP contribution is -2.47. The number of nitrogens with one attached hydrogen (secondary N) is 1. The Morgan fingerprint density at radius 3 is 2.14 bits per heavy atom. The zero-order chi connectivity index (χ0) is 14.0. The van der Waals surface area contributed by atoms with Crippen LogP contribution >= 0.6 is 24.8 Å². The predicted octanol–water partition coefficient (Wildman–Crippen LogP) is 3.33. The first kappa shape index (κ1) is 20.4. The second kappa shape index (κ2) is 8.78. The zero-order valence-corrected chi connectivity index (χ0v) is 13.0. The highest BCUT2D eigenvalue weighted by molar-refractivity contribution is 5.85. The molecule has 1 saturated heterocycles. The molecule has 21 heavy (non-hydrogen) atoms. The lowest BCUT2D eigenvalue weighted by Gasteiger charge is -2.34. The first-order valence-corrected chi connectivity index (χ1v) is 6.19. The molecular weight excluding hydrogens is 331 g/mol. The molecule has 0 unspecified atom stereocenters. The number of piperazine rings is 1. The number of alkyl halides is 2. The van der Waals surface area contributed by atoms with E-state index in [9.17, 15) is 17.6 Å². The Bertz CT molecular complexity index is 454. The Kier molecular flexibility index (Phi) is 8.54. The molecule has 0 bridgehead atoms. The average molecular weight is 349 g/mol.